The van der Waals surface area contributed by atoms with Gasteiger partial charge in [-0.2, -0.15) is 0 Å². The first-order valence-electron chi connectivity index (χ1n) is 5.42. The van der Waals surface area contributed by atoms with Crippen molar-refractivity contribution in [2.24, 2.45) is 0 Å². The molecule has 3 rings (SSSR count). The molecule has 1 aromatic carbocycles. The van der Waals surface area contributed by atoms with Gasteiger partial charge in [-0.3, -0.25) is 4.98 Å². The van der Waals surface area contributed by atoms with Crippen molar-refractivity contribution in [2.45, 2.75) is 25.7 Å². The molecule has 0 atom stereocenters. The van der Waals surface area contributed by atoms with Gasteiger partial charge >= 0.3 is 0 Å². The highest BCUT2D eigenvalue weighted by Crippen LogP contribution is 2.41. The molecule has 1 aliphatic carbocycles. The van der Waals surface area contributed by atoms with Gasteiger partial charge in [0.25, 0.3) is 0 Å². The number of halogens is 2. The van der Waals surface area contributed by atoms with Gasteiger partial charge in [-0.1, -0.05) is 33.6 Å². The van der Waals surface area contributed by atoms with Gasteiger partial charge in [-0.25, -0.2) is 0 Å². The molecule has 0 saturated heterocycles. The van der Waals surface area contributed by atoms with E-state index in [1.54, 1.807) is 0 Å². The molecule has 2 aromatic rings. The van der Waals surface area contributed by atoms with Gasteiger partial charge in [0.15, 0.2) is 0 Å². The van der Waals surface area contributed by atoms with E-state index in [0.717, 1.165) is 26.1 Å². The zero-order valence-corrected chi connectivity index (χ0v) is 11.3. The first-order valence-corrected chi connectivity index (χ1v) is 6.59. The van der Waals surface area contributed by atoms with Crippen LogP contribution in [0.15, 0.2) is 22.7 Å². The summed E-state index contributed by atoms with van der Waals surface area (Å²) in [6.45, 7) is 2.08. The minimum atomic E-state index is 0.639. The summed E-state index contributed by atoms with van der Waals surface area (Å²) in [4.78, 5) is 4.74. The molecular weight excluding hydrogens is 286 g/mol. The number of aryl methyl sites for hydroxylation is 1. The van der Waals surface area contributed by atoms with Crippen LogP contribution in [0.4, 0.5) is 0 Å². The van der Waals surface area contributed by atoms with Gasteiger partial charge in [0.2, 0.25) is 0 Å². The number of fused-ring (bicyclic) bond motifs is 1. The molecule has 1 heterocycles. The molecule has 0 spiro atoms. The standard InChI is InChI=1S/C13H11BrClN/c1-7-10(14)5-4-9-11(15)6-12(8-2-3-8)16-13(7)9/h4-6,8H,2-3H2,1H3. The summed E-state index contributed by atoms with van der Waals surface area (Å²) in [6.07, 6.45) is 2.50. The van der Waals surface area contributed by atoms with E-state index in [1.165, 1.54) is 18.4 Å². The molecule has 1 aliphatic rings. The number of pyridine rings is 1. The molecule has 82 valence electrons. The normalized spacial score (nSPS) is 15.7. The van der Waals surface area contributed by atoms with Crippen LogP contribution < -0.4 is 0 Å². The van der Waals surface area contributed by atoms with Crippen molar-refractivity contribution in [1.82, 2.24) is 4.98 Å². The molecule has 0 bridgehead atoms. The summed E-state index contributed by atoms with van der Waals surface area (Å²) < 4.78 is 1.09. The molecule has 0 aliphatic heterocycles. The van der Waals surface area contributed by atoms with Crippen LogP contribution in [0.5, 0.6) is 0 Å². The number of hydrogen-bond acceptors (Lipinski definition) is 1. The van der Waals surface area contributed by atoms with E-state index in [1.807, 2.05) is 18.2 Å². The minimum Gasteiger partial charge on any atom is -0.252 e. The Hall–Kier alpha value is -0.600. The van der Waals surface area contributed by atoms with Crippen molar-refractivity contribution in [3.8, 4) is 0 Å². The first-order chi connectivity index (χ1) is 7.66. The third-order valence-corrected chi connectivity index (χ3v) is 4.31. The van der Waals surface area contributed by atoms with Crippen LogP contribution in [0.2, 0.25) is 5.02 Å². The largest absolute Gasteiger partial charge is 0.252 e. The predicted molar refractivity (Wildman–Crippen MR) is 71.2 cm³/mol. The lowest BCUT2D eigenvalue weighted by Gasteiger charge is -2.08. The third kappa shape index (κ3) is 1.64. The number of rotatable bonds is 1. The lowest BCUT2D eigenvalue weighted by atomic mass is 10.1. The zero-order valence-electron chi connectivity index (χ0n) is 8.93. The van der Waals surface area contributed by atoms with Gasteiger partial charge in [-0.05, 0) is 37.5 Å². The van der Waals surface area contributed by atoms with Crippen LogP contribution in [-0.4, -0.2) is 4.98 Å². The highest BCUT2D eigenvalue weighted by Gasteiger charge is 2.26. The summed E-state index contributed by atoms with van der Waals surface area (Å²) in [5.41, 5.74) is 3.35. The minimum absolute atomic E-state index is 0.639. The predicted octanol–water partition coefficient (Wildman–Crippen LogP) is 4.84. The number of aromatic nitrogens is 1. The Kier molecular flexibility index (Phi) is 2.45. The smallest absolute Gasteiger partial charge is 0.0760 e. The summed E-state index contributed by atoms with van der Waals surface area (Å²) in [5.74, 6) is 0.639. The lowest BCUT2D eigenvalue weighted by molar-refractivity contribution is 1.04. The fourth-order valence-electron chi connectivity index (χ4n) is 1.97. The summed E-state index contributed by atoms with van der Waals surface area (Å²) in [6, 6.07) is 6.08. The SMILES string of the molecule is Cc1c(Br)ccc2c(Cl)cc(C3CC3)nc12. The maximum absolute atomic E-state index is 6.30. The monoisotopic (exact) mass is 295 g/mol. The summed E-state index contributed by atoms with van der Waals surface area (Å²) in [7, 11) is 0. The van der Waals surface area contributed by atoms with E-state index in [2.05, 4.69) is 22.9 Å². The van der Waals surface area contributed by atoms with Crippen molar-refractivity contribution < 1.29 is 0 Å². The maximum Gasteiger partial charge on any atom is 0.0760 e. The second kappa shape index (κ2) is 3.71. The van der Waals surface area contributed by atoms with Crippen molar-refractivity contribution in [2.75, 3.05) is 0 Å². The highest BCUT2D eigenvalue weighted by atomic mass is 79.9. The first kappa shape index (κ1) is 10.5. The molecule has 0 amide bonds. The van der Waals surface area contributed by atoms with E-state index in [4.69, 9.17) is 16.6 Å². The Morgan fingerprint density at radius 2 is 2.12 bits per heavy atom. The fourth-order valence-corrected chi connectivity index (χ4v) is 2.55. The van der Waals surface area contributed by atoms with Crippen LogP contribution >= 0.6 is 27.5 Å². The average molecular weight is 297 g/mol. The topological polar surface area (TPSA) is 12.9 Å². The van der Waals surface area contributed by atoms with Gasteiger partial charge in [0.1, 0.15) is 0 Å². The van der Waals surface area contributed by atoms with E-state index >= 15 is 0 Å². The number of nitrogens with zero attached hydrogens (tertiary/aromatic N) is 1. The van der Waals surface area contributed by atoms with Gasteiger partial charge in [0.05, 0.1) is 10.5 Å². The average Bonchev–Trinajstić information content (AvgIpc) is 3.07. The second-order valence-electron chi connectivity index (χ2n) is 4.37. The molecule has 3 heteroatoms. The van der Waals surface area contributed by atoms with Gasteiger partial charge in [0, 0.05) is 21.5 Å². The Balaban J connectivity index is 2.33. The number of benzene rings is 1. The van der Waals surface area contributed by atoms with Crippen molar-refractivity contribution in [3.05, 3.63) is 39.0 Å². The zero-order chi connectivity index (χ0) is 11.3. The van der Waals surface area contributed by atoms with Crippen molar-refractivity contribution in [3.63, 3.8) is 0 Å². The van der Waals surface area contributed by atoms with Crippen LogP contribution in [-0.2, 0) is 0 Å². The van der Waals surface area contributed by atoms with Crippen LogP contribution in [0, 0.1) is 6.92 Å². The molecule has 16 heavy (non-hydrogen) atoms. The van der Waals surface area contributed by atoms with Crippen molar-refractivity contribution in [1.29, 1.82) is 0 Å². The van der Waals surface area contributed by atoms with Crippen LogP contribution in [0.25, 0.3) is 10.9 Å². The summed E-state index contributed by atoms with van der Waals surface area (Å²) in [5, 5.41) is 1.87. The van der Waals surface area contributed by atoms with E-state index in [-0.39, 0.29) is 0 Å². The Morgan fingerprint density at radius 1 is 1.38 bits per heavy atom. The van der Waals surface area contributed by atoms with Crippen LogP contribution in [0.1, 0.15) is 30.0 Å². The molecule has 0 N–H and O–H groups in total. The fraction of sp³-hybridized carbons (Fsp3) is 0.308. The molecule has 1 aromatic heterocycles. The molecule has 1 saturated carbocycles. The van der Waals surface area contributed by atoms with Crippen LogP contribution in [0.3, 0.4) is 0 Å². The Labute approximate surface area is 108 Å². The van der Waals surface area contributed by atoms with Gasteiger partial charge in [-0.15, -0.1) is 0 Å². The quantitative estimate of drug-likeness (QED) is 0.734. The van der Waals surface area contributed by atoms with E-state index in [9.17, 15) is 0 Å². The van der Waals surface area contributed by atoms with Crippen molar-refractivity contribution >= 4 is 38.4 Å². The Bertz CT molecular complexity index is 576. The lowest BCUT2D eigenvalue weighted by Crippen LogP contribution is -1.91. The molecular formula is C13H11BrClN. The summed E-state index contributed by atoms with van der Waals surface area (Å²) >= 11 is 9.84. The molecule has 1 nitrogen and oxygen atoms in total. The number of hydrogen-bond donors (Lipinski definition) is 0. The second-order valence-corrected chi connectivity index (χ2v) is 5.63. The third-order valence-electron chi connectivity index (χ3n) is 3.13. The van der Waals surface area contributed by atoms with Gasteiger partial charge < -0.3 is 0 Å². The molecule has 1 fully saturated rings. The van der Waals surface area contributed by atoms with E-state index < -0.39 is 0 Å². The molecule has 0 radical (unpaired) electrons. The highest BCUT2D eigenvalue weighted by molar-refractivity contribution is 9.10. The van der Waals surface area contributed by atoms with E-state index in [0.29, 0.717) is 5.92 Å². The Morgan fingerprint density at radius 3 is 2.81 bits per heavy atom. The maximum atomic E-state index is 6.30. The molecule has 0 unspecified atom stereocenters.